The van der Waals surface area contributed by atoms with Crippen LogP contribution in [0.3, 0.4) is 0 Å². The molecule has 5 rings (SSSR count). The van der Waals surface area contributed by atoms with Crippen LogP contribution in [-0.2, 0) is 11.3 Å². The molecule has 0 spiro atoms. The molecule has 8 heteroatoms. The summed E-state index contributed by atoms with van der Waals surface area (Å²) >= 11 is 0. The number of aromatic nitrogens is 3. The van der Waals surface area contributed by atoms with E-state index in [-0.39, 0.29) is 6.10 Å². The predicted molar refractivity (Wildman–Crippen MR) is 140 cm³/mol. The van der Waals surface area contributed by atoms with Crippen molar-refractivity contribution in [1.82, 2.24) is 24.3 Å². The molecule has 2 aromatic heterocycles. The largest absolute Gasteiger partial charge is 0.393 e. The van der Waals surface area contributed by atoms with E-state index in [9.17, 15) is 5.11 Å². The van der Waals surface area contributed by atoms with Gasteiger partial charge in [0, 0.05) is 75.8 Å². The Hall–Kier alpha value is -2.52. The first-order valence-corrected chi connectivity index (χ1v) is 12.9. The molecule has 188 valence electrons. The van der Waals surface area contributed by atoms with Gasteiger partial charge in [-0.25, -0.2) is 4.98 Å². The fourth-order valence-corrected chi connectivity index (χ4v) is 5.28. The lowest BCUT2D eigenvalue weighted by Gasteiger charge is -2.32. The predicted octanol–water partition coefficient (Wildman–Crippen LogP) is 3.38. The van der Waals surface area contributed by atoms with Crippen molar-refractivity contribution >= 4 is 17.0 Å². The van der Waals surface area contributed by atoms with Gasteiger partial charge in [0.1, 0.15) is 5.65 Å². The standard InChI is InChI=1S/C27H38N6O2/c1-31-12-14-32(15-13-31)18-20-3-5-21(6-4-20)25-19-33(22-7-9-23(34)10-8-22)26-24(25)17-29-27(30-26)28-11-16-35-2/h3-6,17,19,22-23,34H,7-16,18H2,1-2H3,(H,28,29,30). The number of aliphatic hydroxyl groups is 1. The number of benzene rings is 1. The van der Waals surface area contributed by atoms with Gasteiger partial charge in [0.15, 0.2) is 0 Å². The Morgan fingerprint density at radius 3 is 2.51 bits per heavy atom. The number of piperazine rings is 1. The summed E-state index contributed by atoms with van der Waals surface area (Å²) in [6.45, 7) is 6.80. The fraction of sp³-hybridized carbons (Fsp3) is 0.556. The lowest BCUT2D eigenvalue weighted by atomic mass is 9.93. The number of ether oxygens (including phenoxy) is 1. The summed E-state index contributed by atoms with van der Waals surface area (Å²) in [5.41, 5.74) is 4.66. The highest BCUT2D eigenvalue weighted by Gasteiger charge is 2.24. The molecule has 2 fully saturated rings. The van der Waals surface area contributed by atoms with Crippen molar-refractivity contribution < 1.29 is 9.84 Å². The number of aliphatic hydroxyl groups excluding tert-OH is 1. The minimum atomic E-state index is -0.179. The highest BCUT2D eigenvalue weighted by molar-refractivity contribution is 5.94. The summed E-state index contributed by atoms with van der Waals surface area (Å²) in [7, 11) is 3.89. The summed E-state index contributed by atoms with van der Waals surface area (Å²) in [4.78, 5) is 14.4. The van der Waals surface area contributed by atoms with Crippen molar-refractivity contribution in [3.8, 4) is 11.1 Å². The van der Waals surface area contributed by atoms with Gasteiger partial charge in [-0.15, -0.1) is 0 Å². The van der Waals surface area contributed by atoms with Gasteiger partial charge in [0.05, 0.1) is 12.7 Å². The summed E-state index contributed by atoms with van der Waals surface area (Å²) in [5.74, 6) is 0.624. The number of hydrogen-bond donors (Lipinski definition) is 2. The Morgan fingerprint density at radius 2 is 1.80 bits per heavy atom. The minimum absolute atomic E-state index is 0.179. The maximum Gasteiger partial charge on any atom is 0.224 e. The first-order chi connectivity index (χ1) is 17.1. The number of methoxy groups -OCH3 is 1. The maximum absolute atomic E-state index is 10.0. The van der Waals surface area contributed by atoms with Crippen LogP contribution in [0.1, 0.15) is 37.3 Å². The second-order valence-electron chi connectivity index (χ2n) is 10.0. The van der Waals surface area contributed by atoms with Crippen molar-refractivity contribution in [3.05, 3.63) is 42.2 Å². The molecule has 3 heterocycles. The first kappa shape index (κ1) is 24.2. The van der Waals surface area contributed by atoms with Crippen LogP contribution in [0.25, 0.3) is 22.2 Å². The number of nitrogens with one attached hydrogen (secondary N) is 1. The molecule has 0 unspecified atom stereocenters. The van der Waals surface area contributed by atoms with Gasteiger partial charge >= 0.3 is 0 Å². The van der Waals surface area contributed by atoms with E-state index >= 15 is 0 Å². The Bertz CT molecular complexity index is 1100. The highest BCUT2D eigenvalue weighted by atomic mass is 16.5. The van der Waals surface area contributed by atoms with E-state index in [4.69, 9.17) is 9.72 Å². The summed E-state index contributed by atoms with van der Waals surface area (Å²) in [6, 6.07) is 9.33. The van der Waals surface area contributed by atoms with Crippen molar-refractivity contribution in [3.63, 3.8) is 0 Å². The van der Waals surface area contributed by atoms with Crippen LogP contribution in [0.15, 0.2) is 36.7 Å². The average molecular weight is 479 g/mol. The summed E-state index contributed by atoms with van der Waals surface area (Å²) in [6.07, 6.45) is 7.61. The van der Waals surface area contributed by atoms with Gasteiger partial charge < -0.3 is 24.6 Å². The molecule has 2 N–H and O–H groups in total. The first-order valence-electron chi connectivity index (χ1n) is 12.9. The van der Waals surface area contributed by atoms with E-state index < -0.39 is 0 Å². The van der Waals surface area contributed by atoms with Crippen LogP contribution in [0, 0.1) is 0 Å². The summed E-state index contributed by atoms with van der Waals surface area (Å²) in [5, 5.41) is 14.4. The van der Waals surface area contributed by atoms with E-state index in [0.717, 1.165) is 69.4 Å². The van der Waals surface area contributed by atoms with Gasteiger partial charge in [-0.1, -0.05) is 24.3 Å². The highest BCUT2D eigenvalue weighted by Crippen LogP contribution is 2.36. The molecule has 3 aromatic rings. The van der Waals surface area contributed by atoms with Crippen LogP contribution in [-0.4, -0.2) is 89.0 Å². The molecule has 8 nitrogen and oxygen atoms in total. The van der Waals surface area contributed by atoms with Gasteiger partial charge in [-0.3, -0.25) is 4.90 Å². The maximum atomic E-state index is 10.0. The second kappa shape index (κ2) is 11.0. The Morgan fingerprint density at radius 1 is 1.06 bits per heavy atom. The molecule has 0 atom stereocenters. The van der Waals surface area contributed by atoms with E-state index in [1.165, 1.54) is 16.7 Å². The third-order valence-electron chi connectivity index (χ3n) is 7.49. The number of anilines is 1. The molecular formula is C27H38N6O2. The molecule has 0 bridgehead atoms. The Balaban J connectivity index is 1.41. The summed E-state index contributed by atoms with van der Waals surface area (Å²) < 4.78 is 7.47. The molecule has 1 aromatic carbocycles. The van der Waals surface area contributed by atoms with Crippen LogP contribution < -0.4 is 5.32 Å². The minimum Gasteiger partial charge on any atom is -0.393 e. The normalized spacial score (nSPS) is 22.0. The Labute approximate surface area is 207 Å². The lowest BCUT2D eigenvalue weighted by Crippen LogP contribution is -2.43. The van der Waals surface area contributed by atoms with E-state index in [1.54, 1.807) is 7.11 Å². The smallest absolute Gasteiger partial charge is 0.224 e. The zero-order valence-electron chi connectivity index (χ0n) is 21.0. The third-order valence-corrected chi connectivity index (χ3v) is 7.49. The molecule has 0 amide bonds. The van der Waals surface area contributed by atoms with Crippen LogP contribution >= 0.6 is 0 Å². The molecule has 2 aliphatic rings. The third kappa shape index (κ3) is 5.67. The van der Waals surface area contributed by atoms with Gasteiger partial charge in [0.2, 0.25) is 5.95 Å². The zero-order chi connectivity index (χ0) is 24.2. The van der Waals surface area contributed by atoms with Gasteiger partial charge in [-0.05, 0) is 43.9 Å². The number of likely N-dealkylation sites (N-methyl/N-ethyl adjacent to an activating group) is 1. The van der Waals surface area contributed by atoms with Crippen molar-refractivity contribution in [2.45, 2.75) is 44.4 Å². The lowest BCUT2D eigenvalue weighted by molar-refractivity contribution is 0.111. The average Bonchev–Trinajstić information content (AvgIpc) is 3.25. The Kier molecular flexibility index (Phi) is 7.63. The quantitative estimate of drug-likeness (QED) is 0.481. The number of nitrogens with zero attached hydrogens (tertiary/aromatic N) is 5. The molecule has 1 aliphatic heterocycles. The molecular weight excluding hydrogens is 440 g/mol. The van der Waals surface area contributed by atoms with E-state index in [0.29, 0.717) is 25.1 Å². The molecule has 1 saturated carbocycles. The van der Waals surface area contributed by atoms with E-state index in [2.05, 4.69) is 62.2 Å². The van der Waals surface area contributed by atoms with Crippen molar-refractivity contribution in [1.29, 1.82) is 0 Å². The number of rotatable bonds is 8. The number of hydrogen-bond acceptors (Lipinski definition) is 7. The van der Waals surface area contributed by atoms with Gasteiger partial charge in [-0.2, -0.15) is 4.98 Å². The monoisotopic (exact) mass is 478 g/mol. The topological polar surface area (TPSA) is 78.7 Å². The van der Waals surface area contributed by atoms with E-state index in [1.807, 2.05) is 6.20 Å². The van der Waals surface area contributed by atoms with Crippen molar-refractivity contribution in [2.24, 2.45) is 0 Å². The molecule has 1 aliphatic carbocycles. The number of fused-ring (bicyclic) bond motifs is 1. The second-order valence-corrected chi connectivity index (χ2v) is 10.0. The molecule has 35 heavy (non-hydrogen) atoms. The van der Waals surface area contributed by atoms with Crippen LogP contribution in [0.2, 0.25) is 0 Å². The van der Waals surface area contributed by atoms with Crippen LogP contribution in [0.4, 0.5) is 5.95 Å². The zero-order valence-corrected chi connectivity index (χ0v) is 21.0. The van der Waals surface area contributed by atoms with Gasteiger partial charge in [0.25, 0.3) is 0 Å². The molecule has 1 saturated heterocycles. The SMILES string of the molecule is COCCNc1ncc2c(-c3ccc(CN4CCN(C)CC4)cc3)cn(C3CCC(O)CC3)c2n1. The fourth-order valence-electron chi connectivity index (χ4n) is 5.28. The molecule has 0 radical (unpaired) electrons. The van der Waals surface area contributed by atoms with Crippen LogP contribution in [0.5, 0.6) is 0 Å². The van der Waals surface area contributed by atoms with Crippen molar-refractivity contribution in [2.75, 3.05) is 58.8 Å².